The second-order valence-corrected chi connectivity index (χ2v) is 6.59. The highest BCUT2D eigenvalue weighted by molar-refractivity contribution is 5.76. The minimum atomic E-state index is -0.624. The number of hydrogen-bond acceptors (Lipinski definition) is 2. The molecule has 2 rings (SSSR count). The van der Waals surface area contributed by atoms with Gasteiger partial charge >= 0.3 is 5.97 Å². The summed E-state index contributed by atoms with van der Waals surface area (Å²) in [5, 5.41) is 9.84. The van der Waals surface area contributed by atoms with Crippen LogP contribution in [0.4, 0.5) is 5.69 Å². The van der Waals surface area contributed by atoms with Gasteiger partial charge in [0.25, 0.3) is 0 Å². The third kappa shape index (κ3) is 3.39. The summed E-state index contributed by atoms with van der Waals surface area (Å²) in [4.78, 5) is 14.2. The highest BCUT2D eigenvalue weighted by Crippen LogP contribution is 2.41. The zero-order valence-corrected chi connectivity index (χ0v) is 13.4. The van der Waals surface area contributed by atoms with Crippen molar-refractivity contribution in [3.05, 3.63) is 29.8 Å². The first-order chi connectivity index (χ1) is 9.98. The second kappa shape index (κ2) is 6.50. The smallest absolute Gasteiger partial charge is 0.311 e. The van der Waals surface area contributed by atoms with Gasteiger partial charge in [-0.15, -0.1) is 0 Å². The average molecular weight is 289 g/mol. The van der Waals surface area contributed by atoms with E-state index in [0.29, 0.717) is 12.5 Å². The van der Waals surface area contributed by atoms with Crippen molar-refractivity contribution in [1.82, 2.24) is 0 Å². The van der Waals surface area contributed by atoms with Crippen molar-refractivity contribution in [3.63, 3.8) is 0 Å². The minimum absolute atomic E-state index is 0.505. The molecule has 1 aromatic carbocycles. The predicted octanol–water partition coefficient (Wildman–Crippen LogP) is 4.10. The fraction of sp³-hybridized carbons (Fsp3) is 0.611. The fourth-order valence-electron chi connectivity index (χ4n) is 3.72. The minimum Gasteiger partial charge on any atom is -0.481 e. The molecule has 0 radical (unpaired) electrons. The zero-order valence-electron chi connectivity index (χ0n) is 13.4. The van der Waals surface area contributed by atoms with Gasteiger partial charge in [-0.3, -0.25) is 4.79 Å². The summed E-state index contributed by atoms with van der Waals surface area (Å²) < 4.78 is 0. The van der Waals surface area contributed by atoms with E-state index in [4.69, 9.17) is 0 Å². The van der Waals surface area contributed by atoms with Crippen molar-refractivity contribution in [3.8, 4) is 0 Å². The molecule has 1 aliphatic rings. The molecule has 1 N–H and O–H groups in total. The first-order valence-corrected chi connectivity index (χ1v) is 8.02. The number of hydrogen-bond donors (Lipinski definition) is 1. The summed E-state index contributed by atoms with van der Waals surface area (Å²) in [6, 6.07) is 8.25. The van der Waals surface area contributed by atoms with Crippen LogP contribution < -0.4 is 4.90 Å². The summed E-state index contributed by atoms with van der Waals surface area (Å²) in [5.41, 5.74) is 1.79. The lowest BCUT2D eigenvalue weighted by Crippen LogP contribution is -2.46. The molecule has 1 aromatic rings. The molecule has 116 valence electrons. The van der Waals surface area contributed by atoms with Crippen LogP contribution in [0.2, 0.25) is 0 Å². The average Bonchev–Trinajstić information content (AvgIpc) is 2.45. The Bertz CT molecular complexity index is 500. The van der Waals surface area contributed by atoms with Crippen LogP contribution in [0.25, 0.3) is 0 Å². The number of carboxylic acids is 1. The van der Waals surface area contributed by atoms with Crippen LogP contribution in [-0.2, 0) is 4.79 Å². The number of carboxylic acid groups (broad SMARTS) is 1. The first kappa shape index (κ1) is 15.9. The van der Waals surface area contributed by atoms with Gasteiger partial charge in [-0.05, 0) is 44.2 Å². The molecule has 1 aliphatic carbocycles. The number of carbonyl (C=O) groups is 1. The van der Waals surface area contributed by atoms with E-state index in [1.165, 1.54) is 11.3 Å². The van der Waals surface area contributed by atoms with Crippen LogP contribution in [-0.4, -0.2) is 24.2 Å². The van der Waals surface area contributed by atoms with Crippen LogP contribution in [0.5, 0.6) is 0 Å². The van der Waals surface area contributed by atoms with Gasteiger partial charge in [-0.1, -0.05) is 38.0 Å². The Labute approximate surface area is 128 Å². The van der Waals surface area contributed by atoms with Crippen LogP contribution in [0.3, 0.4) is 0 Å². The molecule has 1 saturated carbocycles. The molecule has 0 spiro atoms. The van der Waals surface area contributed by atoms with E-state index in [1.54, 1.807) is 0 Å². The third-order valence-electron chi connectivity index (χ3n) is 4.88. The normalized spacial score (nSPS) is 25.6. The van der Waals surface area contributed by atoms with Gasteiger partial charge in [-0.25, -0.2) is 0 Å². The molecule has 0 aromatic heterocycles. The Balaban J connectivity index is 2.26. The summed E-state index contributed by atoms with van der Waals surface area (Å²) in [6.45, 7) is 7.84. The van der Waals surface area contributed by atoms with Crippen LogP contribution >= 0.6 is 0 Å². The van der Waals surface area contributed by atoms with E-state index < -0.39 is 11.4 Å². The van der Waals surface area contributed by atoms with E-state index in [1.807, 2.05) is 12.1 Å². The Morgan fingerprint density at radius 1 is 1.43 bits per heavy atom. The Morgan fingerprint density at radius 2 is 2.14 bits per heavy atom. The van der Waals surface area contributed by atoms with E-state index in [2.05, 4.69) is 37.8 Å². The number of anilines is 1. The molecule has 2 unspecified atom stereocenters. The van der Waals surface area contributed by atoms with Crippen LogP contribution in [0.1, 0.15) is 45.1 Å². The van der Waals surface area contributed by atoms with Gasteiger partial charge in [0.15, 0.2) is 0 Å². The lowest BCUT2D eigenvalue weighted by atomic mass is 9.69. The van der Waals surface area contributed by atoms with Crippen LogP contribution in [0, 0.1) is 18.3 Å². The van der Waals surface area contributed by atoms with E-state index in [9.17, 15) is 9.90 Å². The summed E-state index contributed by atoms with van der Waals surface area (Å²) in [5.74, 6) is -0.119. The maximum absolute atomic E-state index is 12.0. The van der Waals surface area contributed by atoms with E-state index in [0.717, 1.165) is 32.2 Å². The molecule has 0 bridgehead atoms. The van der Waals surface area contributed by atoms with Crippen molar-refractivity contribution < 1.29 is 9.90 Å². The molecule has 1 fully saturated rings. The largest absolute Gasteiger partial charge is 0.481 e. The van der Waals surface area contributed by atoms with Crippen LogP contribution in [0.15, 0.2) is 24.3 Å². The van der Waals surface area contributed by atoms with Gasteiger partial charge in [0.1, 0.15) is 0 Å². The molecule has 2 atom stereocenters. The third-order valence-corrected chi connectivity index (χ3v) is 4.88. The van der Waals surface area contributed by atoms with Crippen molar-refractivity contribution in [2.24, 2.45) is 11.3 Å². The highest BCUT2D eigenvalue weighted by Gasteiger charge is 2.43. The maximum atomic E-state index is 12.0. The van der Waals surface area contributed by atoms with Gasteiger partial charge in [0, 0.05) is 18.8 Å². The molecule has 21 heavy (non-hydrogen) atoms. The lowest BCUT2D eigenvalue weighted by Gasteiger charge is -2.41. The molecule has 0 saturated heterocycles. The molecule has 0 aliphatic heterocycles. The van der Waals surface area contributed by atoms with Crippen molar-refractivity contribution >= 4 is 11.7 Å². The number of benzene rings is 1. The van der Waals surface area contributed by atoms with Crippen molar-refractivity contribution in [1.29, 1.82) is 0 Å². The van der Waals surface area contributed by atoms with Gasteiger partial charge in [-0.2, -0.15) is 0 Å². The number of nitrogens with zero attached hydrogens (tertiary/aromatic N) is 1. The van der Waals surface area contributed by atoms with Crippen molar-refractivity contribution in [2.75, 3.05) is 18.0 Å². The Hall–Kier alpha value is -1.51. The molecule has 3 heteroatoms. The molecule has 3 nitrogen and oxygen atoms in total. The molecular formula is C18H27NO2. The summed E-state index contributed by atoms with van der Waals surface area (Å²) >= 11 is 0. The number of aliphatic carboxylic acids is 1. The quantitative estimate of drug-likeness (QED) is 0.887. The fourth-order valence-corrected chi connectivity index (χ4v) is 3.72. The van der Waals surface area contributed by atoms with Crippen molar-refractivity contribution in [2.45, 2.75) is 46.5 Å². The van der Waals surface area contributed by atoms with Gasteiger partial charge in [0.05, 0.1) is 5.41 Å². The standard InChI is InChI=1S/C18H27NO2/c1-4-19(16-10-6-5-9-15(16)3)13-18(17(20)21)11-7-8-14(2)12-18/h5-6,9-10,14H,4,7-8,11-13H2,1-3H3,(H,20,21). The van der Waals surface area contributed by atoms with Gasteiger partial charge < -0.3 is 10.0 Å². The predicted molar refractivity (Wildman–Crippen MR) is 86.8 cm³/mol. The number of rotatable bonds is 5. The monoisotopic (exact) mass is 289 g/mol. The Kier molecular flexibility index (Phi) is 4.92. The summed E-state index contributed by atoms with van der Waals surface area (Å²) in [6.07, 6.45) is 3.78. The topological polar surface area (TPSA) is 40.5 Å². The Morgan fingerprint density at radius 3 is 2.71 bits per heavy atom. The lowest BCUT2D eigenvalue weighted by molar-refractivity contribution is -0.151. The molecule has 0 amide bonds. The van der Waals surface area contributed by atoms with E-state index in [-0.39, 0.29) is 0 Å². The number of para-hydroxylation sites is 1. The van der Waals surface area contributed by atoms with E-state index >= 15 is 0 Å². The maximum Gasteiger partial charge on any atom is 0.311 e. The zero-order chi connectivity index (χ0) is 15.5. The summed E-state index contributed by atoms with van der Waals surface area (Å²) in [7, 11) is 0. The highest BCUT2D eigenvalue weighted by atomic mass is 16.4. The SMILES string of the molecule is CCN(CC1(C(=O)O)CCCC(C)C1)c1ccccc1C. The second-order valence-electron chi connectivity index (χ2n) is 6.59. The first-order valence-electron chi connectivity index (χ1n) is 8.02. The molecule has 0 heterocycles. The molecular weight excluding hydrogens is 262 g/mol. The number of aryl methyl sites for hydroxylation is 1. The van der Waals surface area contributed by atoms with Gasteiger partial charge in [0.2, 0.25) is 0 Å².